The first-order chi connectivity index (χ1) is 24.5. The van der Waals surface area contributed by atoms with E-state index >= 15 is 0 Å². The molecule has 0 saturated heterocycles. The summed E-state index contributed by atoms with van der Waals surface area (Å²) < 4.78 is 10.8. The predicted octanol–water partition coefficient (Wildman–Crippen LogP) is -0.673. The van der Waals surface area contributed by atoms with Crippen LogP contribution in [0.2, 0.25) is 0 Å². The van der Waals surface area contributed by atoms with Crippen LogP contribution in [0.15, 0.2) is 72.3 Å². The molecule has 1 unspecified atom stereocenters. The zero-order chi connectivity index (χ0) is 38.0. The van der Waals surface area contributed by atoms with Gasteiger partial charge >= 0.3 is 53.4 Å². The van der Waals surface area contributed by atoms with E-state index in [1.54, 1.807) is 0 Å². The molecule has 4 aromatic carbocycles. The van der Waals surface area contributed by atoms with Gasteiger partial charge in [0, 0.05) is 18.8 Å². The third kappa shape index (κ3) is 8.69. The molecule has 4 aromatic rings. The van der Waals surface area contributed by atoms with E-state index in [9.17, 15) is 70.2 Å². The zero-order valence-corrected chi connectivity index (χ0v) is 29.5. The van der Waals surface area contributed by atoms with Gasteiger partial charge in [-0.2, -0.15) is 0 Å². The van der Waals surface area contributed by atoms with Gasteiger partial charge in [0.05, 0.1) is 11.5 Å². The summed E-state index contributed by atoms with van der Waals surface area (Å²) in [4.78, 5) is 52.7. The maximum absolute atomic E-state index is 14.2. The Morgan fingerprint density at radius 1 is 0.623 bits per heavy atom. The molecule has 5 rings (SSSR count). The van der Waals surface area contributed by atoms with Crippen molar-refractivity contribution < 1.29 is 109 Å². The molecule has 0 fully saturated rings. The van der Waals surface area contributed by atoms with Gasteiger partial charge in [-0.25, -0.2) is 14.4 Å². The van der Waals surface area contributed by atoms with Crippen LogP contribution in [0.25, 0.3) is 6.08 Å². The maximum atomic E-state index is 14.2. The van der Waals surface area contributed by atoms with Gasteiger partial charge in [-0.1, -0.05) is 30.0 Å². The van der Waals surface area contributed by atoms with E-state index < -0.39 is 112 Å². The Morgan fingerprint density at radius 3 is 1.70 bits per heavy atom. The number of phenolic OH excluding ortho intramolecular Hbond substituents is 7. The number of benzene rings is 4. The summed E-state index contributed by atoms with van der Waals surface area (Å²) in [5.74, 6) is -14.6. The van der Waals surface area contributed by atoms with Crippen molar-refractivity contribution in [3.8, 4) is 46.0 Å². The quantitative estimate of drug-likeness (QED) is 0.0523. The van der Waals surface area contributed by atoms with Crippen molar-refractivity contribution in [1.82, 2.24) is 0 Å². The third-order valence-corrected chi connectivity index (χ3v) is 8.31. The van der Waals surface area contributed by atoms with E-state index in [1.165, 1.54) is 18.2 Å². The molecule has 0 bridgehead atoms. The average molecular weight is 741 g/mol. The Kier molecular flexibility index (Phi) is 12.0. The molecule has 16 nitrogen and oxygen atoms in total. The van der Waals surface area contributed by atoms with E-state index in [-0.39, 0.29) is 57.4 Å². The molecule has 17 heteroatoms. The minimum atomic E-state index is -1.97. The summed E-state index contributed by atoms with van der Waals surface area (Å²) in [6, 6.07) is 11.9. The number of esters is 2. The second kappa shape index (κ2) is 16.1. The van der Waals surface area contributed by atoms with E-state index in [4.69, 9.17) is 9.47 Å². The number of carboxylic acid groups (broad SMARTS) is 2. The van der Waals surface area contributed by atoms with Gasteiger partial charge in [0.2, 0.25) is 12.2 Å². The average Bonchev–Trinajstić information content (AvgIpc) is 3.08. The monoisotopic (exact) mass is 740 g/mol. The molecule has 53 heavy (non-hydrogen) atoms. The first-order valence-corrected chi connectivity index (χ1v) is 15.2. The second-order valence-corrected chi connectivity index (χ2v) is 11.8. The van der Waals surface area contributed by atoms with Crippen LogP contribution in [-0.4, -0.2) is 82.0 Å². The van der Waals surface area contributed by atoms with Crippen LogP contribution in [0, 0.1) is 5.92 Å². The van der Waals surface area contributed by atoms with Gasteiger partial charge in [0.15, 0.2) is 34.5 Å². The summed E-state index contributed by atoms with van der Waals surface area (Å²) in [5.41, 5.74) is -0.381. The molecule has 0 heterocycles. The normalized spacial score (nSPS) is 15.8. The van der Waals surface area contributed by atoms with Crippen molar-refractivity contribution in [3.05, 3.63) is 100 Å². The van der Waals surface area contributed by atoms with Gasteiger partial charge in [0.25, 0.3) is 0 Å². The summed E-state index contributed by atoms with van der Waals surface area (Å²) in [6.45, 7) is 0. The molecule has 270 valence electrons. The molecule has 0 spiro atoms. The van der Waals surface area contributed by atoms with E-state index in [0.717, 1.165) is 54.6 Å². The number of rotatable bonds is 11. The zero-order valence-electron chi connectivity index (χ0n) is 27.5. The van der Waals surface area contributed by atoms with Crippen molar-refractivity contribution >= 4 is 30.0 Å². The van der Waals surface area contributed by atoms with Crippen LogP contribution in [0.4, 0.5) is 0 Å². The smallest absolute Gasteiger partial charge is 0.870 e. The summed E-state index contributed by atoms with van der Waals surface area (Å²) >= 11 is 0. The summed E-state index contributed by atoms with van der Waals surface area (Å²) in [6.07, 6.45) is -4.01. The Morgan fingerprint density at radius 2 is 1.13 bits per heavy atom. The van der Waals surface area contributed by atoms with Crippen molar-refractivity contribution in [2.45, 2.75) is 31.0 Å². The molecule has 1 aliphatic rings. The number of carbonyl (C=O) groups is 4. The third-order valence-electron chi connectivity index (χ3n) is 8.31. The summed E-state index contributed by atoms with van der Waals surface area (Å²) in [5, 5.41) is 102. The number of ether oxygens (including phenoxy) is 2. The SMILES string of the molecule is O=C(O[C@H](Cc1ccc([O-])c(O)c1)C(=O)O)C1=Cc2cc(O)c(O)cc2[C@@H](c2ccc(O)c(O)c2)C1C(=O)O[C@H](Cc1ccc(O)c(O)c1)C(=O)O.[Na+]. The van der Waals surface area contributed by atoms with Crippen LogP contribution in [0.1, 0.15) is 33.7 Å². The largest absolute Gasteiger partial charge is 1.00 e. The molecule has 1 aliphatic carbocycles. The van der Waals surface area contributed by atoms with Gasteiger partial charge in [-0.15, -0.1) is 0 Å². The molecular formula is C36H29NaO16. The van der Waals surface area contributed by atoms with Crippen LogP contribution in [0.5, 0.6) is 46.0 Å². The van der Waals surface area contributed by atoms with Crippen molar-refractivity contribution in [3.63, 3.8) is 0 Å². The fourth-order valence-electron chi connectivity index (χ4n) is 5.76. The minimum Gasteiger partial charge on any atom is -0.870 e. The molecule has 0 radical (unpaired) electrons. The topological polar surface area (TPSA) is 292 Å². The van der Waals surface area contributed by atoms with E-state index in [1.807, 2.05) is 0 Å². The summed E-state index contributed by atoms with van der Waals surface area (Å²) in [7, 11) is 0. The second-order valence-electron chi connectivity index (χ2n) is 11.8. The number of aliphatic carboxylic acids is 2. The number of carbonyl (C=O) groups excluding carboxylic acids is 2. The number of aromatic hydroxyl groups is 7. The van der Waals surface area contributed by atoms with Crippen molar-refractivity contribution in [2.75, 3.05) is 0 Å². The molecular weight excluding hydrogens is 711 g/mol. The molecule has 9 N–H and O–H groups in total. The van der Waals surface area contributed by atoms with Crippen LogP contribution in [0.3, 0.4) is 0 Å². The first-order valence-electron chi connectivity index (χ1n) is 15.2. The molecule has 0 aromatic heterocycles. The van der Waals surface area contributed by atoms with Crippen molar-refractivity contribution in [2.24, 2.45) is 5.92 Å². The Balaban J connectivity index is 0.00000627. The molecule has 0 amide bonds. The fourth-order valence-corrected chi connectivity index (χ4v) is 5.76. The van der Waals surface area contributed by atoms with Crippen LogP contribution < -0.4 is 34.7 Å². The predicted molar refractivity (Wildman–Crippen MR) is 173 cm³/mol. The Labute approximate surface area is 321 Å². The van der Waals surface area contributed by atoms with Gasteiger partial charge < -0.3 is 60.5 Å². The Hall–Kier alpha value is -6.10. The number of fused-ring (bicyclic) bond motifs is 1. The van der Waals surface area contributed by atoms with Gasteiger partial charge in [0.1, 0.15) is 5.75 Å². The van der Waals surface area contributed by atoms with Crippen LogP contribution >= 0.6 is 0 Å². The molecule has 0 aliphatic heterocycles. The number of hydrogen-bond acceptors (Lipinski definition) is 14. The molecule has 4 atom stereocenters. The van der Waals surface area contributed by atoms with Gasteiger partial charge in [-0.05, 0) is 76.4 Å². The van der Waals surface area contributed by atoms with Crippen molar-refractivity contribution in [1.29, 1.82) is 0 Å². The standard InChI is InChI=1S/C36H30O16.Na/c37-21-4-1-15(7-24(21)40)9-29(33(45)46)51-35(49)20-11-18-13-27(43)28(44)14-19(18)31(17-3-6-23(39)26(42)12-17)32(20)36(50)52-30(34(47)48)10-16-2-5-22(38)25(41)8-16;/h1-8,11-14,29-32,37-44H,9-10H2,(H,45,46)(H,47,48);/q;+1/p-1/t29-,30-,31-,32?;/m1./s1. The van der Waals surface area contributed by atoms with E-state index in [2.05, 4.69) is 0 Å². The maximum Gasteiger partial charge on any atom is 1.00 e. The van der Waals surface area contributed by atoms with Gasteiger partial charge in [-0.3, -0.25) is 4.79 Å². The first kappa shape index (κ1) is 39.7. The number of phenols is 7. The fraction of sp³-hybridized carbons (Fsp3) is 0.167. The van der Waals surface area contributed by atoms with E-state index in [0.29, 0.717) is 0 Å². The Bertz CT molecular complexity index is 2130. The number of carboxylic acids is 2. The number of hydrogen-bond donors (Lipinski definition) is 9. The minimum absolute atomic E-state index is 0. The van der Waals surface area contributed by atoms with Crippen LogP contribution in [-0.2, 0) is 41.5 Å². The molecule has 0 saturated carbocycles.